The zero-order valence-electron chi connectivity index (χ0n) is 12.0. The molecule has 1 aliphatic carbocycles. The Bertz CT molecular complexity index is 461. The first-order valence-corrected chi connectivity index (χ1v) is 6.61. The molecule has 0 atom stereocenters. The fourth-order valence-corrected chi connectivity index (χ4v) is 2.49. The van der Waals surface area contributed by atoms with Crippen molar-refractivity contribution in [2.24, 2.45) is 5.41 Å². The SMILES string of the molecule is C[NH+]=C1C=C(NCc2ccccc2)CC(C)(C)C1.[I-]. The smallest absolute Gasteiger partial charge is 0.176 e. The monoisotopic (exact) mass is 370 g/mol. The van der Waals surface area contributed by atoms with Crippen LogP contribution >= 0.6 is 0 Å². The quantitative estimate of drug-likeness (QED) is 0.632. The average molecular weight is 370 g/mol. The van der Waals surface area contributed by atoms with E-state index in [1.54, 1.807) is 0 Å². The Morgan fingerprint density at radius 1 is 1.16 bits per heavy atom. The first-order chi connectivity index (χ1) is 8.59. The van der Waals surface area contributed by atoms with Gasteiger partial charge in [0, 0.05) is 24.7 Å². The van der Waals surface area contributed by atoms with Gasteiger partial charge in [0.1, 0.15) is 7.05 Å². The molecule has 0 spiro atoms. The summed E-state index contributed by atoms with van der Waals surface area (Å²) in [6.45, 7) is 5.54. The first kappa shape index (κ1) is 16.2. The Kier molecular flexibility index (Phi) is 6.04. The molecule has 0 bridgehead atoms. The van der Waals surface area contributed by atoms with Gasteiger partial charge in [0.2, 0.25) is 0 Å². The molecule has 104 valence electrons. The van der Waals surface area contributed by atoms with Gasteiger partial charge in [-0.1, -0.05) is 44.2 Å². The molecule has 0 unspecified atom stereocenters. The highest BCUT2D eigenvalue weighted by Crippen LogP contribution is 2.32. The van der Waals surface area contributed by atoms with Gasteiger partial charge in [-0.05, 0) is 17.4 Å². The van der Waals surface area contributed by atoms with Crippen LogP contribution in [0.4, 0.5) is 0 Å². The van der Waals surface area contributed by atoms with Crippen molar-refractivity contribution in [2.45, 2.75) is 33.2 Å². The molecule has 2 nitrogen and oxygen atoms in total. The lowest BCUT2D eigenvalue weighted by Gasteiger charge is -2.29. The normalized spacial score (nSPS) is 19.5. The number of allylic oxidation sites excluding steroid dienone is 2. The zero-order valence-corrected chi connectivity index (χ0v) is 14.1. The third kappa shape index (κ3) is 4.97. The van der Waals surface area contributed by atoms with Crippen molar-refractivity contribution in [1.82, 2.24) is 5.32 Å². The van der Waals surface area contributed by atoms with E-state index in [1.165, 1.54) is 17.0 Å². The molecule has 19 heavy (non-hydrogen) atoms. The molecule has 2 rings (SSSR count). The molecular formula is C16H23IN2. The molecule has 3 heteroatoms. The van der Waals surface area contributed by atoms with E-state index in [9.17, 15) is 0 Å². The van der Waals surface area contributed by atoms with E-state index < -0.39 is 0 Å². The van der Waals surface area contributed by atoms with Crippen LogP contribution in [0.5, 0.6) is 0 Å². The van der Waals surface area contributed by atoms with Crippen LogP contribution in [0.3, 0.4) is 0 Å². The maximum Gasteiger partial charge on any atom is 0.176 e. The summed E-state index contributed by atoms with van der Waals surface area (Å²) in [5.41, 5.74) is 4.32. The Morgan fingerprint density at radius 3 is 2.47 bits per heavy atom. The minimum Gasteiger partial charge on any atom is -1.00 e. The van der Waals surface area contributed by atoms with E-state index in [0.29, 0.717) is 5.41 Å². The van der Waals surface area contributed by atoms with E-state index in [0.717, 1.165) is 19.4 Å². The van der Waals surface area contributed by atoms with Crippen LogP contribution in [0.1, 0.15) is 32.3 Å². The summed E-state index contributed by atoms with van der Waals surface area (Å²) in [5, 5.41) is 3.56. The standard InChI is InChI=1S/C16H22N2.HI/c1-16(2)10-14(17-3)9-15(11-16)18-12-13-7-5-4-6-8-13;/h4-9,18H,10-12H2,1-3H3;1H. The minimum absolute atomic E-state index is 0. The van der Waals surface area contributed by atoms with Gasteiger partial charge in [-0.2, -0.15) is 0 Å². The van der Waals surface area contributed by atoms with Crippen LogP contribution in [0.15, 0.2) is 42.1 Å². The van der Waals surface area contributed by atoms with Gasteiger partial charge >= 0.3 is 0 Å². The number of benzene rings is 1. The summed E-state index contributed by atoms with van der Waals surface area (Å²) < 4.78 is 0. The van der Waals surface area contributed by atoms with Crippen molar-refractivity contribution < 1.29 is 29.0 Å². The van der Waals surface area contributed by atoms with Crippen molar-refractivity contribution >= 4 is 5.71 Å². The van der Waals surface area contributed by atoms with Crippen LogP contribution in [0.25, 0.3) is 0 Å². The van der Waals surface area contributed by atoms with Gasteiger partial charge in [0.25, 0.3) is 0 Å². The maximum atomic E-state index is 3.56. The third-order valence-electron chi connectivity index (χ3n) is 3.37. The molecule has 0 heterocycles. The Morgan fingerprint density at radius 2 is 1.84 bits per heavy atom. The van der Waals surface area contributed by atoms with E-state index in [4.69, 9.17) is 0 Å². The first-order valence-electron chi connectivity index (χ1n) is 6.61. The zero-order chi connectivity index (χ0) is 13.0. The second-order valence-corrected chi connectivity index (χ2v) is 5.80. The highest BCUT2D eigenvalue weighted by atomic mass is 127. The molecule has 0 fully saturated rings. The summed E-state index contributed by atoms with van der Waals surface area (Å²) in [7, 11) is 2.00. The fraction of sp³-hybridized carbons (Fsp3) is 0.438. The molecule has 1 aromatic carbocycles. The van der Waals surface area contributed by atoms with Crippen molar-refractivity contribution in [1.29, 1.82) is 0 Å². The summed E-state index contributed by atoms with van der Waals surface area (Å²) in [4.78, 5) is 3.29. The second kappa shape index (κ2) is 7.08. The van der Waals surface area contributed by atoms with Crippen LogP contribution in [-0.2, 0) is 6.54 Å². The van der Waals surface area contributed by atoms with Crippen LogP contribution in [0.2, 0.25) is 0 Å². The van der Waals surface area contributed by atoms with Gasteiger partial charge in [-0.15, -0.1) is 0 Å². The highest BCUT2D eigenvalue weighted by Gasteiger charge is 2.28. The number of halogens is 1. The van der Waals surface area contributed by atoms with Crippen molar-refractivity contribution in [3.8, 4) is 0 Å². The van der Waals surface area contributed by atoms with Gasteiger partial charge in [0.05, 0.1) is 0 Å². The highest BCUT2D eigenvalue weighted by molar-refractivity contribution is 5.92. The summed E-state index contributed by atoms with van der Waals surface area (Å²) in [5.74, 6) is 0. The number of hydrogen-bond acceptors (Lipinski definition) is 1. The second-order valence-electron chi connectivity index (χ2n) is 5.80. The minimum atomic E-state index is 0. The van der Waals surface area contributed by atoms with E-state index >= 15 is 0 Å². The molecule has 0 saturated carbocycles. The lowest BCUT2D eigenvalue weighted by molar-refractivity contribution is -0.421. The number of rotatable bonds is 3. The maximum absolute atomic E-state index is 3.56. The van der Waals surface area contributed by atoms with Crippen molar-refractivity contribution in [3.05, 3.63) is 47.7 Å². The molecule has 0 amide bonds. The van der Waals surface area contributed by atoms with Crippen LogP contribution in [0, 0.1) is 5.41 Å². The topological polar surface area (TPSA) is 26.0 Å². The Labute approximate surface area is 133 Å². The molecular weight excluding hydrogens is 347 g/mol. The Hall–Kier alpha value is -0.840. The van der Waals surface area contributed by atoms with E-state index in [1.807, 2.05) is 7.05 Å². The van der Waals surface area contributed by atoms with E-state index in [2.05, 4.69) is 60.6 Å². The van der Waals surface area contributed by atoms with E-state index in [-0.39, 0.29) is 24.0 Å². The van der Waals surface area contributed by atoms with Gasteiger partial charge in [0.15, 0.2) is 5.71 Å². The molecule has 0 saturated heterocycles. The van der Waals surface area contributed by atoms with Crippen molar-refractivity contribution in [2.75, 3.05) is 7.05 Å². The van der Waals surface area contributed by atoms with Crippen LogP contribution in [-0.4, -0.2) is 12.8 Å². The Balaban J connectivity index is 0.00000180. The van der Waals surface area contributed by atoms with Gasteiger partial charge < -0.3 is 29.3 Å². The predicted molar refractivity (Wildman–Crippen MR) is 76.3 cm³/mol. The fourth-order valence-electron chi connectivity index (χ4n) is 2.49. The van der Waals surface area contributed by atoms with Crippen molar-refractivity contribution in [3.63, 3.8) is 0 Å². The summed E-state index contributed by atoms with van der Waals surface area (Å²) >= 11 is 0. The number of hydrogen-bond donors (Lipinski definition) is 2. The molecule has 1 aromatic rings. The van der Waals surface area contributed by atoms with Gasteiger partial charge in [-0.3, -0.25) is 0 Å². The summed E-state index contributed by atoms with van der Waals surface area (Å²) in [6, 6.07) is 10.5. The predicted octanol–water partition coefficient (Wildman–Crippen LogP) is -1.36. The lowest BCUT2D eigenvalue weighted by Crippen LogP contribution is -3.00. The molecule has 0 radical (unpaired) electrons. The lowest BCUT2D eigenvalue weighted by atomic mass is 9.78. The third-order valence-corrected chi connectivity index (χ3v) is 3.37. The molecule has 2 N–H and O–H groups in total. The average Bonchev–Trinajstić information content (AvgIpc) is 2.36. The largest absolute Gasteiger partial charge is 1.00 e. The number of nitrogens with one attached hydrogen (secondary N) is 2. The van der Waals surface area contributed by atoms with Gasteiger partial charge in [-0.25, -0.2) is 4.99 Å². The molecule has 1 aliphatic rings. The van der Waals surface area contributed by atoms with Crippen LogP contribution < -0.4 is 34.3 Å². The molecule has 0 aliphatic heterocycles. The molecule has 0 aromatic heterocycles. The summed E-state index contributed by atoms with van der Waals surface area (Å²) in [6.07, 6.45) is 4.50.